The van der Waals surface area contributed by atoms with Gasteiger partial charge in [-0.15, -0.1) is 22.0 Å². The van der Waals surface area contributed by atoms with E-state index in [0.717, 1.165) is 6.42 Å². The second-order valence-corrected chi connectivity index (χ2v) is 4.22. The molecule has 5 nitrogen and oxygen atoms in total. The number of thioether (sulfide) groups is 1. The van der Waals surface area contributed by atoms with Crippen LogP contribution in [0.1, 0.15) is 38.0 Å². The Morgan fingerprint density at radius 2 is 2.33 bits per heavy atom. The molecule has 0 radical (unpaired) electrons. The van der Waals surface area contributed by atoms with Crippen LogP contribution in [0, 0.1) is 0 Å². The minimum Gasteiger partial charge on any atom is -0.481 e. The fraction of sp³-hybridized carbons (Fsp3) is 0.667. The molecule has 84 valence electrons. The van der Waals surface area contributed by atoms with Gasteiger partial charge < -0.3 is 9.52 Å². The van der Waals surface area contributed by atoms with Gasteiger partial charge in [0.1, 0.15) is 0 Å². The molecule has 15 heavy (non-hydrogen) atoms. The topological polar surface area (TPSA) is 76.2 Å². The van der Waals surface area contributed by atoms with Crippen molar-refractivity contribution in [1.82, 2.24) is 10.2 Å². The van der Waals surface area contributed by atoms with Crippen LogP contribution >= 0.6 is 11.8 Å². The summed E-state index contributed by atoms with van der Waals surface area (Å²) in [5, 5.41) is 16.2. The molecule has 1 aromatic rings. The zero-order valence-electron chi connectivity index (χ0n) is 8.77. The van der Waals surface area contributed by atoms with Crippen molar-refractivity contribution in [2.75, 3.05) is 5.75 Å². The van der Waals surface area contributed by atoms with Crippen molar-refractivity contribution >= 4 is 17.7 Å². The molecule has 0 saturated carbocycles. The molecule has 1 atom stereocenters. The highest BCUT2D eigenvalue weighted by atomic mass is 32.2. The number of hydrogen-bond donors (Lipinski definition) is 1. The van der Waals surface area contributed by atoms with Crippen molar-refractivity contribution in [3.05, 3.63) is 11.8 Å². The third kappa shape index (κ3) is 3.91. The number of carbonyl (C=O) groups is 1. The van der Waals surface area contributed by atoms with Gasteiger partial charge in [0.25, 0.3) is 0 Å². The molecule has 0 aliphatic rings. The summed E-state index contributed by atoms with van der Waals surface area (Å²) < 4.78 is 5.38. The van der Waals surface area contributed by atoms with Gasteiger partial charge in [-0.3, -0.25) is 4.79 Å². The summed E-state index contributed by atoms with van der Waals surface area (Å²) in [6.07, 6.45) is 0.948. The Bertz CT molecular complexity index is 327. The Balaban J connectivity index is 2.42. The van der Waals surface area contributed by atoms with E-state index in [9.17, 15) is 4.79 Å². The molecule has 1 N–H and O–H groups in total. The zero-order chi connectivity index (χ0) is 11.3. The number of hydrogen-bond acceptors (Lipinski definition) is 5. The van der Waals surface area contributed by atoms with Crippen LogP contribution in [0.15, 0.2) is 4.42 Å². The van der Waals surface area contributed by atoms with Crippen molar-refractivity contribution in [2.24, 2.45) is 0 Å². The molecule has 1 rings (SSSR count). The molecule has 0 fully saturated rings. The van der Waals surface area contributed by atoms with E-state index in [-0.39, 0.29) is 11.7 Å². The van der Waals surface area contributed by atoms with Crippen LogP contribution in [0.3, 0.4) is 0 Å². The van der Waals surface area contributed by atoms with Gasteiger partial charge in [-0.1, -0.05) is 13.8 Å². The number of aliphatic carboxylic acids is 1. The van der Waals surface area contributed by atoms with E-state index < -0.39 is 5.97 Å². The molecule has 0 aliphatic carbocycles. The second kappa shape index (κ2) is 5.75. The van der Waals surface area contributed by atoms with E-state index in [0.29, 0.717) is 17.5 Å². The Kier molecular flexibility index (Phi) is 4.61. The highest BCUT2D eigenvalue weighted by molar-refractivity contribution is 7.99. The van der Waals surface area contributed by atoms with E-state index in [2.05, 4.69) is 10.2 Å². The number of carboxylic acids is 1. The summed E-state index contributed by atoms with van der Waals surface area (Å²) in [7, 11) is 0. The lowest BCUT2D eigenvalue weighted by molar-refractivity contribution is -0.133. The molecule has 0 amide bonds. The van der Waals surface area contributed by atoms with Gasteiger partial charge in [0.15, 0.2) is 0 Å². The van der Waals surface area contributed by atoms with Crippen LogP contribution in [0.5, 0.6) is 0 Å². The van der Waals surface area contributed by atoms with Gasteiger partial charge in [-0.25, -0.2) is 0 Å². The third-order valence-electron chi connectivity index (χ3n) is 1.97. The van der Waals surface area contributed by atoms with Gasteiger partial charge in [-0.05, 0) is 6.42 Å². The maximum atomic E-state index is 10.3. The molecule has 0 aliphatic heterocycles. The predicted molar refractivity (Wildman–Crippen MR) is 56.8 cm³/mol. The minimum atomic E-state index is -0.832. The average molecular weight is 230 g/mol. The first kappa shape index (κ1) is 12.0. The molecule has 0 bridgehead atoms. The lowest BCUT2D eigenvalue weighted by atomic mass is 10.1. The Labute approximate surface area is 92.3 Å². The van der Waals surface area contributed by atoms with Crippen molar-refractivity contribution in [3.63, 3.8) is 0 Å². The van der Waals surface area contributed by atoms with Gasteiger partial charge >= 0.3 is 5.97 Å². The largest absolute Gasteiger partial charge is 0.481 e. The summed E-state index contributed by atoms with van der Waals surface area (Å²) in [6.45, 7) is 4.06. The maximum Gasteiger partial charge on any atom is 0.313 e. The fourth-order valence-electron chi connectivity index (χ4n) is 0.924. The van der Waals surface area contributed by atoms with Crippen LogP contribution in [-0.4, -0.2) is 27.0 Å². The normalized spacial score (nSPS) is 12.7. The first-order chi connectivity index (χ1) is 7.13. The van der Waals surface area contributed by atoms with Gasteiger partial charge in [0.05, 0.1) is 11.5 Å². The maximum absolute atomic E-state index is 10.3. The minimum absolute atomic E-state index is 0.0566. The van der Waals surface area contributed by atoms with Gasteiger partial charge in [0.2, 0.25) is 11.8 Å². The first-order valence-electron chi connectivity index (χ1n) is 4.75. The lowest BCUT2D eigenvalue weighted by Gasteiger charge is -1.99. The first-order valence-corrected chi connectivity index (χ1v) is 5.90. The summed E-state index contributed by atoms with van der Waals surface area (Å²) >= 11 is 1.25. The van der Waals surface area contributed by atoms with Crippen molar-refractivity contribution in [3.8, 4) is 0 Å². The Hall–Kier alpha value is -1.04. The summed E-state index contributed by atoms with van der Waals surface area (Å²) in [5.41, 5.74) is 0. The monoisotopic (exact) mass is 230 g/mol. The second-order valence-electron chi connectivity index (χ2n) is 3.23. The number of rotatable bonds is 6. The van der Waals surface area contributed by atoms with Crippen LogP contribution < -0.4 is 0 Å². The van der Waals surface area contributed by atoms with Gasteiger partial charge in [-0.2, -0.15) is 0 Å². The molecule has 0 aromatic carbocycles. The molecule has 0 spiro atoms. The number of carboxylic acid groups (broad SMARTS) is 1. The van der Waals surface area contributed by atoms with Crippen LogP contribution in [0.4, 0.5) is 0 Å². The molecular formula is C9H14N2O3S. The molecule has 1 heterocycles. The lowest BCUT2D eigenvalue weighted by Crippen LogP contribution is -1.98. The molecule has 1 aromatic heterocycles. The summed E-state index contributed by atoms with van der Waals surface area (Å²) in [4.78, 5) is 10.3. The van der Waals surface area contributed by atoms with Crippen molar-refractivity contribution in [1.29, 1.82) is 0 Å². The highest BCUT2D eigenvalue weighted by Gasteiger charge is 2.12. The zero-order valence-corrected chi connectivity index (χ0v) is 9.58. The Morgan fingerprint density at radius 1 is 1.60 bits per heavy atom. The van der Waals surface area contributed by atoms with E-state index in [1.165, 1.54) is 11.8 Å². The van der Waals surface area contributed by atoms with Crippen molar-refractivity contribution < 1.29 is 14.3 Å². The third-order valence-corrected chi connectivity index (χ3v) is 2.87. The van der Waals surface area contributed by atoms with E-state index in [1.54, 1.807) is 0 Å². The predicted octanol–water partition coefficient (Wildman–Crippen LogP) is 1.90. The summed E-state index contributed by atoms with van der Waals surface area (Å²) in [5.74, 6) is 1.06. The van der Waals surface area contributed by atoms with E-state index in [4.69, 9.17) is 9.52 Å². The molecule has 6 heteroatoms. The Morgan fingerprint density at radius 3 is 2.93 bits per heavy atom. The summed E-state index contributed by atoms with van der Waals surface area (Å²) in [6, 6.07) is 0. The van der Waals surface area contributed by atoms with E-state index >= 15 is 0 Å². The number of aromatic nitrogens is 2. The smallest absolute Gasteiger partial charge is 0.313 e. The highest BCUT2D eigenvalue weighted by Crippen LogP contribution is 2.18. The standard InChI is InChI=1S/C9H14N2O3S/c1-3-6(2)9-11-10-7(14-9)4-15-5-8(12)13/h6H,3-5H2,1-2H3,(H,12,13). The number of nitrogens with zero attached hydrogens (tertiary/aromatic N) is 2. The molecule has 0 saturated heterocycles. The molecular weight excluding hydrogens is 216 g/mol. The quantitative estimate of drug-likeness (QED) is 0.804. The fourth-order valence-corrected chi connectivity index (χ4v) is 1.49. The van der Waals surface area contributed by atoms with Gasteiger partial charge in [0, 0.05) is 5.92 Å². The van der Waals surface area contributed by atoms with Crippen molar-refractivity contribution in [2.45, 2.75) is 31.9 Å². The molecule has 1 unspecified atom stereocenters. The average Bonchev–Trinajstić information content (AvgIpc) is 2.65. The van der Waals surface area contributed by atoms with Crippen LogP contribution in [0.25, 0.3) is 0 Å². The van der Waals surface area contributed by atoms with Crippen LogP contribution in [-0.2, 0) is 10.5 Å². The van der Waals surface area contributed by atoms with Crippen LogP contribution in [0.2, 0.25) is 0 Å². The van der Waals surface area contributed by atoms with E-state index in [1.807, 2.05) is 13.8 Å². The SMILES string of the molecule is CCC(C)c1nnc(CSCC(=O)O)o1.